The molecule has 0 spiro atoms. The normalized spacial score (nSPS) is 11.1. The molecule has 0 aliphatic rings. The Hall–Kier alpha value is -3.93. The quantitative estimate of drug-likeness (QED) is 0.382. The standard InChI is InChI=1S/C23H20N4O2/c1-2-29-20-11-7-16(8-12-20)15-24-27-23(28)22-14-21(25-26-22)19-10-9-17-5-3-4-6-18(17)13-19/h3-15H,2H2,1H3,(H,25,26)(H,27,28)/b24-15-. The number of hydrogen-bond donors (Lipinski definition) is 2. The van der Waals surface area contributed by atoms with Crippen molar-refractivity contribution in [1.29, 1.82) is 0 Å². The molecule has 29 heavy (non-hydrogen) atoms. The van der Waals surface area contributed by atoms with Crippen LogP contribution in [0.4, 0.5) is 0 Å². The Morgan fingerprint density at radius 2 is 1.86 bits per heavy atom. The van der Waals surface area contributed by atoms with Gasteiger partial charge in [-0.1, -0.05) is 36.4 Å². The summed E-state index contributed by atoms with van der Waals surface area (Å²) in [5, 5.41) is 13.3. The summed E-state index contributed by atoms with van der Waals surface area (Å²) < 4.78 is 5.40. The number of carbonyl (C=O) groups is 1. The van der Waals surface area contributed by atoms with Crippen molar-refractivity contribution in [1.82, 2.24) is 15.6 Å². The number of H-pyrrole nitrogens is 1. The van der Waals surface area contributed by atoms with Crippen LogP contribution in [-0.4, -0.2) is 28.9 Å². The highest BCUT2D eigenvalue weighted by molar-refractivity contribution is 5.94. The average Bonchev–Trinajstić information content (AvgIpc) is 3.25. The van der Waals surface area contributed by atoms with Crippen molar-refractivity contribution in [2.24, 2.45) is 5.10 Å². The van der Waals surface area contributed by atoms with Crippen LogP contribution in [-0.2, 0) is 0 Å². The number of hydrogen-bond acceptors (Lipinski definition) is 4. The van der Waals surface area contributed by atoms with E-state index in [2.05, 4.69) is 38.9 Å². The molecule has 6 nitrogen and oxygen atoms in total. The first-order valence-electron chi connectivity index (χ1n) is 9.34. The molecule has 0 bridgehead atoms. The summed E-state index contributed by atoms with van der Waals surface area (Å²) in [4.78, 5) is 12.3. The smallest absolute Gasteiger partial charge is 0.289 e. The molecular weight excluding hydrogens is 364 g/mol. The Bertz CT molecular complexity index is 1160. The number of hydrazone groups is 1. The third kappa shape index (κ3) is 4.32. The van der Waals surface area contributed by atoms with E-state index in [0.717, 1.165) is 27.6 Å². The van der Waals surface area contributed by atoms with Gasteiger partial charge in [0.2, 0.25) is 0 Å². The minimum Gasteiger partial charge on any atom is -0.494 e. The van der Waals surface area contributed by atoms with Gasteiger partial charge in [0.15, 0.2) is 0 Å². The van der Waals surface area contributed by atoms with Crippen LogP contribution in [0.15, 0.2) is 77.9 Å². The lowest BCUT2D eigenvalue weighted by atomic mass is 10.1. The maximum Gasteiger partial charge on any atom is 0.289 e. The molecule has 1 aromatic heterocycles. The van der Waals surface area contributed by atoms with Gasteiger partial charge in [0.25, 0.3) is 5.91 Å². The van der Waals surface area contributed by atoms with E-state index in [9.17, 15) is 4.79 Å². The molecule has 3 aromatic carbocycles. The first kappa shape index (κ1) is 18.4. The van der Waals surface area contributed by atoms with Crippen LogP contribution >= 0.6 is 0 Å². The molecule has 0 radical (unpaired) electrons. The zero-order valence-electron chi connectivity index (χ0n) is 15.9. The average molecular weight is 384 g/mol. The monoisotopic (exact) mass is 384 g/mol. The van der Waals surface area contributed by atoms with Crippen molar-refractivity contribution in [2.75, 3.05) is 6.61 Å². The topological polar surface area (TPSA) is 79.4 Å². The van der Waals surface area contributed by atoms with Gasteiger partial charge in [0, 0.05) is 5.56 Å². The van der Waals surface area contributed by atoms with Gasteiger partial charge in [-0.25, -0.2) is 5.43 Å². The minimum atomic E-state index is -0.355. The maximum absolute atomic E-state index is 12.3. The molecule has 0 fully saturated rings. The number of ether oxygens (including phenoxy) is 1. The second kappa shape index (κ2) is 8.39. The largest absolute Gasteiger partial charge is 0.494 e. The lowest BCUT2D eigenvalue weighted by Gasteiger charge is -2.02. The van der Waals surface area contributed by atoms with Crippen molar-refractivity contribution in [3.05, 3.63) is 84.1 Å². The molecule has 4 aromatic rings. The molecule has 6 heteroatoms. The number of aromatic nitrogens is 2. The zero-order chi connectivity index (χ0) is 20.1. The molecule has 0 unspecified atom stereocenters. The highest BCUT2D eigenvalue weighted by Gasteiger charge is 2.10. The molecule has 0 aliphatic heterocycles. The molecular formula is C23H20N4O2. The summed E-state index contributed by atoms with van der Waals surface area (Å²) in [5.74, 6) is 0.444. The molecule has 1 amide bonds. The first-order chi connectivity index (χ1) is 14.2. The predicted octanol–water partition coefficient (Wildman–Crippen LogP) is 4.39. The number of benzene rings is 3. The molecule has 0 saturated heterocycles. The van der Waals surface area contributed by atoms with E-state index in [4.69, 9.17) is 4.74 Å². The Balaban J connectivity index is 1.42. The third-order valence-electron chi connectivity index (χ3n) is 4.44. The molecule has 144 valence electrons. The Kier molecular flexibility index (Phi) is 5.33. The van der Waals surface area contributed by atoms with Crippen LogP contribution in [0.5, 0.6) is 5.75 Å². The zero-order valence-corrected chi connectivity index (χ0v) is 15.9. The summed E-state index contributed by atoms with van der Waals surface area (Å²) >= 11 is 0. The van der Waals surface area contributed by atoms with Crippen LogP contribution in [0.2, 0.25) is 0 Å². The van der Waals surface area contributed by atoms with E-state index < -0.39 is 0 Å². The van der Waals surface area contributed by atoms with Gasteiger partial charge in [-0.2, -0.15) is 10.2 Å². The van der Waals surface area contributed by atoms with Crippen LogP contribution in [0.3, 0.4) is 0 Å². The summed E-state index contributed by atoms with van der Waals surface area (Å²) in [6.45, 7) is 2.56. The van der Waals surface area contributed by atoms with E-state index >= 15 is 0 Å². The number of nitrogens with zero attached hydrogens (tertiary/aromatic N) is 2. The number of amides is 1. The lowest BCUT2D eigenvalue weighted by Crippen LogP contribution is -2.17. The second-order valence-corrected chi connectivity index (χ2v) is 6.43. The first-order valence-corrected chi connectivity index (χ1v) is 9.34. The second-order valence-electron chi connectivity index (χ2n) is 6.43. The van der Waals surface area contributed by atoms with Crippen molar-refractivity contribution < 1.29 is 9.53 Å². The van der Waals surface area contributed by atoms with Gasteiger partial charge in [-0.15, -0.1) is 0 Å². The number of aromatic amines is 1. The van der Waals surface area contributed by atoms with E-state index in [1.807, 2.05) is 55.5 Å². The fraction of sp³-hybridized carbons (Fsp3) is 0.0870. The molecule has 1 heterocycles. The van der Waals surface area contributed by atoms with E-state index in [1.54, 1.807) is 12.3 Å². The minimum absolute atomic E-state index is 0.344. The van der Waals surface area contributed by atoms with Gasteiger partial charge >= 0.3 is 0 Å². The van der Waals surface area contributed by atoms with Gasteiger partial charge < -0.3 is 4.74 Å². The molecule has 4 rings (SSSR count). The summed E-state index contributed by atoms with van der Waals surface area (Å²) in [6, 6.07) is 23.4. The Labute approximate surface area is 168 Å². The lowest BCUT2D eigenvalue weighted by molar-refractivity contribution is 0.0950. The number of nitrogens with one attached hydrogen (secondary N) is 2. The van der Waals surface area contributed by atoms with Crippen molar-refractivity contribution in [3.63, 3.8) is 0 Å². The van der Waals surface area contributed by atoms with Gasteiger partial charge in [0.1, 0.15) is 11.4 Å². The third-order valence-corrected chi connectivity index (χ3v) is 4.44. The molecule has 0 aliphatic carbocycles. The van der Waals surface area contributed by atoms with Crippen molar-refractivity contribution in [3.8, 4) is 17.0 Å². The molecule has 0 atom stereocenters. The maximum atomic E-state index is 12.3. The van der Waals surface area contributed by atoms with Crippen molar-refractivity contribution in [2.45, 2.75) is 6.92 Å². The summed E-state index contributed by atoms with van der Waals surface area (Å²) in [7, 11) is 0. The fourth-order valence-electron chi connectivity index (χ4n) is 2.98. The van der Waals surface area contributed by atoms with Crippen LogP contribution in [0.25, 0.3) is 22.0 Å². The van der Waals surface area contributed by atoms with E-state index in [0.29, 0.717) is 18.0 Å². The van der Waals surface area contributed by atoms with Crippen LogP contribution in [0.1, 0.15) is 23.0 Å². The molecule has 2 N–H and O–H groups in total. The molecule has 0 saturated carbocycles. The SMILES string of the molecule is CCOc1ccc(/C=N\NC(=O)c2cc(-c3ccc4ccccc4c3)n[nH]2)cc1. The van der Waals surface area contributed by atoms with E-state index in [-0.39, 0.29) is 5.91 Å². The van der Waals surface area contributed by atoms with Crippen molar-refractivity contribution >= 4 is 22.9 Å². The highest BCUT2D eigenvalue weighted by atomic mass is 16.5. The number of carbonyl (C=O) groups excluding carboxylic acids is 1. The fourth-order valence-corrected chi connectivity index (χ4v) is 2.98. The highest BCUT2D eigenvalue weighted by Crippen LogP contribution is 2.23. The number of fused-ring (bicyclic) bond motifs is 1. The van der Waals surface area contributed by atoms with Crippen LogP contribution in [0, 0.1) is 0 Å². The summed E-state index contributed by atoms with van der Waals surface area (Å²) in [5.41, 5.74) is 5.36. The van der Waals surface area contributed by atoms with Crippen LogP contribution < -0.4 is 10.2 Å². The van der Waals surface area contributed by atoms with E-state index in [1.165, 1.54) is 0 Å². The van der Waals surface area contributed by atoms with Gasteiger partial charge in [-0.3, -0.25) is 9.89 Å². The number of rotatable bonds is 6. The van der Waals surface area contributed by atoms with Gasteiger partial charge in [0.05, 0.1) is 18.5 Å². The van der Waals surface area contributed by atoms with Gasteiger partial charge in [-0.05, 0) is 59.7 Å². The predicted molar refractivity (Wildman–Crippen MR) is 114 cm³/mol. The summed E-state index contributed by atoms with van der Waals surface area (Å²) in [6.07, 6.45) is 1.58. The Morgan fingerprint density at radius 1 is 1.07 bits per heavy atom. The Morgan fingerprint density at radius 3 is 2.66 bits per heavy atom.